The Bertz CT molecular complexity index is 2260. The second kappa shape index (κ2) is 24.3. The molecule has 1 heterocycles. The molecule has 7 atom stereocenters. The second-order valence-corrected chi connectivity index (χ2v) is 16.1. The molecule has 1 aliphatic rings. The summed E-state index contributed by atoms with van der Waals surface area (Å²) in [4.78, 5) is 94.3. The zero-order valence-electron chi connectivity index (χ0n) is 36.9. The van der Waals surface area contributed by atoms with Gasteiger partial charge in [0.2, 0.25) is 29.5 Å². The summed E-state index contributed by atoms with van der Waals surface area (Å²) >= 11 is 0. The lowest BCUT2D eigenvalue weighted by atomic mass is 9.96. The van der Waals surface area contributed by atoms with E-state index in [-0.39, 0.29) is 31.9 Å². The van der Waals surface area contributed by atoms with Crippen molar-refractivity contribution in [2.75, 3.05) is 20.2 Å². The third-order valence-electron chi connectivity index (χ3n) is 11.4. The maximum atomic E-state index is 13.9. The Balaban J connectivity index is 1.22. The summed E-state index contributed by atoms with van der Waals surface area (Å²) in [6.45, 7) is 3.55. The van der Waals surface area contributed by atoms with Crippen molar-refractivity contribution in [2.24, 2.45) is 11.7 Å². The van der Waals surface area contributed by atoms with E-state index in [9.17, 15) is 38.7 Å². The average molecular weight is 894 g/mol. The first kappa shape index (κ1) is 49.2. The highest BCUT2D eigenvalue weighted by Gasteiger charge is 2.39. The highest BCUT2D eigenvalue weighted by Crippen LogP contribution is 2.21. The predicted molar refractivity (Wildman–Crippen MR) is 241 cm³/mol. The minimum absolute atomic E-state index is 0.00313. The molecule has 1 aliphatic heterocycles. The SMILES string of the molecule is CC[C@H](C)[C@H](NC(=O)[C@@H]1CCCN1C(O)CNC(=O)[C@H](Cc1ccccc1)NC(=O)[C@H](CC(N)=O)NC(=O)OCc1ccccc1)C(=O)N[C@@H](Cc1ccc2ccccc2c1)C(=O)OC. The van der Waals surface area contributed by atoms with Gasteiger partial charge in [0, 0.05) is 19.4 Å². The number of fused-ring (bicyclic) bond motifs is 1. The van der Waals surface area contributed by atoms with E-state index in [0.717, 1.165) is 16.3 Å². The van der Waals surface area contributed by atoms with Gasteiger partial charge in [-0.2, -0.15) is 0 Å². The van der Waals surface area contributed by atoms with Gasteiger partial charge < -0.3 is 46.9 Å². The third kappa shape index (κ3) is 14.6. The van der Waals surface area contributed by atoms with Crippen LogP contribution < -0.4 is 32.3 Å². The van der Waals surface area contributed by atoms with Crippen molar-refractivity contribution < 1.29 is 48.1 Å². The molecular weight excluding hydrogens is 835 g/mol. The molecule has 8 N–H and O–H groups in total. The van der Waals surface area contributed by atoms with Crippen LogP contribution in [0.5, 0.6) is 0 Å². The number of nitrogens with two attached hydrogens (primary N) is 1. The number of nitrogens with one attached hydrogen (secondary N) is 5. The molecule has 0 radical (unpaired) electrons. The maximum Gasteiger partial charge on any atom is 0.408 e. The van der Waals surface area contributed by atoms with Crippen LogP contribution in [0.25, 0.3) is 10.8 Å². The van der Waals surface area contributed by atoms with Gasteiger partial charge in [-0.3, -0.25) is 28.9 Å². The van der Waals surface area contributed by atoms with Gasteiger partial charge in [0.05, 0.1) is 26.1 Å². The Morgan fingerprint density at radius 3 is 2.03 bits per heavy atom. The van der Waals surface area contributed by atoms with Crippen LogP contribution in [0.3, 0.4) is 0 Å². The summed E-state index contributed by atoms with van der Waals surface area (Å²) in [6, 6.07) is 25.5. The molecule has 4 aromatic carbocycles. The molecule has 0 spiro atoms. The maximum absolute atomic E-state index is 13.9. The number of carbonyl (C=O) groups is 7. The van der Waals surface area contributed by atoms with Gasteiger partial charge in [0.1, 0.15) is 37.0 Å². The number of benzene rings is 4. The molecule has 1 fully saturated rings. The number of likely N-dealkylation sites (tertiary alicyclic amines) is 1. The number of alkyl carbamates (subject to hydrolysis) is 1. The van der Waals surface area contributed by atoms with E-state index in [0.29, 0.717) is 36.9 Å². The Morgan fingerprint density at radius 2 is 1.37 bits per heavy atom. The average Bonchev–Trinajstić information content (AvgIpc) is 3.81. The highest BCUT2D eigenvalue weighted by molar-refractivity contribution is 5.94. The van der Waals surface area contributed by atoms with E-state index < -0.39 is 84.5 Å². The molecule has 17 heteroatoms. The van der Waals surface area contributed by atoms with Crippen LogP contribution in [-0.2, 0) is 57.7 Å². The molecule has 5 rings (SSSR count). The van der Waals surface area contributed by atoms with E-state index in [1.54, 1.807) is 60.7 Å². The number of hydrogen-bond acceptors (Lipinski definition) is 11. The van der Waals surface area contributed by atoms with E-state index in [2.05, 4.69) is 26.6 Å². The fourth-order valence-corrected chi connectivity index (χ4v) is 7.66. The first-order chi connectivity index (χ1) is 31.3. The van der Waals surface area contributed by atoms with Gasteiger partial charge in [-0.1, -0.05) is 123 Å². The number of ether oxygens (including phenoxy) is 2. The monoisotopic (exact) mass is 893 g/mol. The molecule has 346 valence electrons. The van der Waals surface area contributed by atoms with Crippen molar-refractivity contribution in [1.82, 2.24) is 31.5 Å². The van der Waals surface area contributed by atoms with Gasteiger partial charge in [0.25, 0.3) is 0 Å². The molecule has 1 unspecified atom stereocenters. The minimum atomic E-state index is -1.48. The topological polar surface area (TPSA) is 248 Å². The van der Waals surface area contributed by atoms with E-state index in [1.807, 2.05) is 56.3 Å². The lowest BCUT2D eigenvalue weighted by Gasteiger charge is -2.32. The zero-order valence-corrected chi connectivity index (χ0v) is 36.9. The Hall–Kier alpha value is -6.85. The van der Waals surface area contributed by atoms with Crippen molar-refractivity contribution in [3.8, 4) is 0 Å². The number of methoxy groups -OCH3 is 1. The molecule has 0 saturated carbocycles. The number of esters is 1. The highest BCUT2D eigenvalue weighted by atomic mass is 16.5. The number of amides is 6. The Kier molecular flexibility index (Phi) is 18.4. The summed E-state index contributed by atoms with van der Waals surface area (Å²) in [6.07, 6.45) is -1.35. The molecule has 0 bridgehead atoms. The Labute approximate surface area is 378 Å². The molecule has 1 saturated heterocycles. The first-order valence-corrected chi connectivity index (χ1v) is 21.7. The molecule has 17 nitrogen and oxygen atoms in total. The van der Waals surface area contributed by atoms with Crippen molar-refractivity contribution in [3.05, 3.63) is 120 Å². The largest absolute Gasteiger partial charge is 0.467 e. The van der Waals surface area contributed by atoms with E-state index in [1.165, 1.54) is 12.0 Å². The van der Waals surface area contributed by atoms with Crippen LogP contribution in [0.15, 0.2) is 103 Å². The summed E-state index contributed by atoms with van der Waals surface area (Å²) in [5.74, 6) is -4.51. The van der Waals surface area contributed by atoms with Crippen molar-refractivity contribution >= 4 is 52.4 Å². The fraction of sp³-hybridized carbons (Fsp3) is 0.396. The van der Waals surface area contributed by atoms with Crippen LogP contribution in [0.2, 0.25) is 0 Å². The lowest BCUT2D eigenvalue weighted by molar-refractivity contribution is -0.145. The molecule has 6 amide bonds. The van der Waals surface area contributed by atoms with Gasteiger partial charge in [0.15, 0.2) is 0 Å². The number of hydrogen-bond donors (Lipinski definition) is 7. The number of nitrogens with zero attached hydrogens (tertiary/aromatic N) is 1. The lowest BCUT2D eigenvalue weighted by Crippen LogP contribution is -2.59. The van der Waals surface area contributed by atoms with Crippen molar-refractivity contribution in [1.29, 1.82) is 0 Å². The predicted octanol–water partition coefficient (Wildman–Crippen LogP) is 2.37. The molecular formula is C48H59N7O10. The van der Waals surface area contributed by atoms with Gasteiger partial charge >= 0.3 is 12.1 Å². The fourth-order valence-electron chi connectivity index (χ4n) is 7.66. The van der Waals surface area contributed by atoms with Crippen LogP contribution in [0.4, 0.5) is 4.79 Å². The number of aliphatic hydroxyl groups is 1. The van der Waals surface area contributed by atoms with Crippen LogP contribution in [0.1, 0.15) is 56.2 Å². The second-order valence-electron chi connectivity index (χ2n) is 16.1. The van der Waals surface area contributed by atoms with Gasteiger partial charge in [-0.15, -0.1) is 0 Å². The van der Waals surface area contributed by atoms with Crippen molar-refractivity contribution in [3.63, 3.8) is 0 Å². The minimum Gasteiger partial charge on any atom is -0.467 e. The van der Waals surface area contributed by atoms with E-state index in [4.69, 9.17) is 15.2 Å². The number of rotatable bonds is 22. The quantitative estimate of drug-likeness (QED) is 0.0565. The number of primary amides is 1. The van der Waals surface area contributed by atoms with Gasteiger partial charge in [-0.25, -0.2) is 9.59 Å². The zero-order chi connectivity index (χ0) is 46.9. The normalized spacial score (nSPS) is 16.4. The summed E-state index contributed by atoms with van der Waals surface area (Å²) in [7, 11) is 1.24. The Morgan fingerprint density at radius 1 is 0.738 bits per heavy atom. The van der Waals surface area contributed by atoms with Crippen LogP contribution >= 0.6 is 0 Å². The summed E-state index contributed by atoms with van der Waals surface area (Å²) in [5.41, 5.74) is 7.59. The number of carbonyl (C=O) groups excluding carboxylic acids is 7. The van der Waals surface area contributed by atoms with Crippen LogP contribution in [0, 0.1) is 5.92 Å². The third-order valence-corrected chi connectivity index (χ3v) is 11.4. The van der Waals surface area contributed by atoms with Gasteiger partial charge in [-0.05, 0) is 46.2 Å². The molecule has 0 aromatic heterocycles. The molecule has 4 aromatic rings. The molecule has 65 heavy (non-hydrogen) atoms. The van der Waals surface area contributed by atoms with E-state index >= 15 is 0 Å². The number of aliphatic hydroxyl groups excluding tert-OH is 1. The standard InChI is InChI=1S/C48H59N7O10/c1-4-30(2)42(46(61)52-38(47(62)64-3)26-33-21-22-34-18-11-12-19-35(34)24-33)54-45(60)39-20-13-23-55(39)41(57)28-50-43(58)36(25-31-14-7-5-8-15-31)51-44(59)37(27-40(49)56)53-48(63)65-29-32-16-9-6-10-17-32/h5-12,14-19,21-22,24,30,36-39,41-42,57H,4,13,20,23,25-29H2,1-3H3,(H2,49,56)(H,50,58)(H,51,59)(H,52,61)(H,53,63)(H,54,60)/t30-,36-,37-,38-,39-,41?,42-/m0/s1. The summed E-state index contributed by atoms with van der Waals surface area (Å²) in [5, 5.41) is 26.7. The smallest absolute Gasteiger partial charge is 0.408 e. The first-order valence-electron chi connectivity index (χ1n) is 21.7. The summed E-state index contributed by atoms with van der Waals surface area (Å²) < 4.78 is 10.3. The van der Waals surface area contributed by atoms with Crippen LogP contribution in [-0.4, -0.2) is 108 Å². The molecule has 0 aliphatic carbocycles. The van der Waals surface area contributed by atoms with Crippen molar-refractivity contribution in [2.45, 2.75) is 95.4 Å².